The van der Waals surface area contributed by atoms with Gasteiger partial charge in [-0.15, -0.1) is 0 Å². The van der Waals surface area contributed by atoms with Crippen LogP contribution in [0.15, 0.2) is 30.3 Å². The molecule has 1 aromatic rings. The van der Waals surface area contributed by atoms with Gasteiger partial charge < -0.3 is 10.6 Å². The summed E-state index contributed by atoms with van der Waals surface area (Å²) in [5.74, 6) is 0.865. The Hall–Kier alpha value is -1.35. The molecule has 0 radical (unpaired) electrons. The van der Waals surface area contributed by atoms with E-state index < -0.39 is 0 Å². The lowest BCUT2D eigenvalue weighted by molar-refractivity contribution is -0.121. The second-order valence-electron chi connectivity index (χ2n) is 6.39. The minimum absolute atomic E-state index is 0.149. The largest absolute Gasteiger partial charge is 0.354 e. The van der Waals surface area contributed by atoms with Crippen LogP contribution in [0.1, 0.15) is 57.4 Å². The lowest BCUT2D eigenvalue weighted by Gasteiger charge is -2.29. The Morgan fingerprint density at radius 1 is 1.14 bits per heavy atom. The zero-order valence-corrected chi connectivity index (χ0v) is 13.3. The molecule has 0 heterocycles. The predicted molar refractivity (Wildman–Crippen MR) is 87.3 cm³/mol. The van der Waals surface area contributed by atoms with Gasteiger partial charge in [0.1, 0.15) is 0 Å². The molecule has 0 bridgehead atoms. The van der Waals surface area contributed by atoms with E-state index in [-0.39, 0.29) is 11.9 Å². The second-order valence-corrected chi connectivity index (χ2v) is 6.39. The topological polar surface area (TPSA) is 41.1 Å². The van der Waals surface area contributed by atoms with Gasteiger partial charge >= 0.3 is 0 Å². The van der Waals surface area contributed by atoms with E-state index in [9.17, 15) is 4.79 Å². The van der Waals surface area contributed by atoms with Gasteiger partial charge in [-0.05, 0) is 51.0 Å². The molecule has 21 heavy (non-hydrogen) atoms. The summed E-state index contributed by atoms with van der Waals surface area (Å²) in [6.07, 6.45) is 5.51. The normalized spacial score (nSPS) is 22.2. The van der Waals surface area contributed by atoms with Gasteiger partial charge in [0.25, 0.3) is 0 Å². The van der Waals surface area contributed by atoms with Crippen molar-refractivity contribution in [2.45, 2.75) is 64.0 Å². The Labute approximate surface area is 128 Å². The summed E-state index contributed by atoms with van der Waals surface area (Å²) in [7, 11) is 0. The maximum absolute atomic E-state index is 11.6. The fraction of sp³-hybridized carbons (Fsp3) is 0.611. The van der Waals surface area contributed by atoms with E-state index >= 15 is 0 Å². The van der Waals surface area contributed by atoms with Crippen LogP contribution < -0.4 is 10.6 Å². The van der Waals surface area contributed by atoms with Gasteiger partial charge in [-0.2, -0.15) is 0 Å². The zero-order valence-electron chi connectivity index (χ0n) is 13.3. The summed E-state index contributed by atoms with van der Waals surface area (Å²) < 4.78 is 0. The van der Waals surface area contributed by atoms with Gasteiger partial charge in [0.2, 0.25) is 5.91 Å². The van der Waals surface area contributed by atoms with E-state index in [0.29, 0.717) is 18.4 Å². The molecule has 0 saturated heterocycles. The minimum Gasteiger partial charge on any atom is -0.354 e. The maximum Gasteiger partial charge on any atom is 0.221 e. The maximum atomic E-state index is 11.6. The van der Waals surface area contributed by atoms with Gasteiger partial charge in [-0.3, -0.25) is 4.79 Å². The van der Waals surface area contributed by atoms with Gasteiger partial charge in [0, 0.05) is 25.0 Å². The molecule has 3 nitrogen and oxygen atoms in total. The van der Waals surface area contributed by atoms with Crippen molar-refractivity contribution in [1.29, 1.82) is 0 Å². The van der Waals surface area contributed by atoms with E-state index in [2.05, 4.69) is 41.0 Å². The number of rotatable bonds is 6. The highest BCUT2D eigenvalue weighted by Crippen LogP contribution is 2.32. The Morgan fingerprint density at radius 3 is 2.43 bits per heavy atom. The first-order valence-corrected chi connectivity index (χ1v) is 8.23. The van der Waals surface area contributed by atoms with Crippen LogP contribution in [0, 0.1) is 0 Å². The van der Waals surface area contributed by atoms with Gasteiger partial charge in [0.05, 0.1) is 0 Å². The summed E-state index contributed by atoms with van der Waals surface area (Å²) in [5, 5.41) is 6.47. The SMILES string of the molecule is CC(C)NC(=O)CCNC1CCC(c2ccccc2)CC1. The molecule has 1 amide bonds. The molecule has 0 spiro atoms. The molecular formula is C18H28N2O. The number of carbonyl (C=O) groups excluding carboxylic acids is 1. The van der Waals surface area contributed by atoms with Crippen LogP contribution >= 0.6 is 0 Å². The van der Waals surface area contributed by atoms with Crippen molar-refractivity contribution < 1.29 is 4.79 Å². The van der Waals surface area contributed by atoms with Crippen LogP contribution in [-0.2, 0) is 4.79 Å². The number of amides is 1. The van der Waals surface area contributed by atoms with Crippen molar-refractivity contribution >= 4 is 5.91 Å². The third kappa shape index (κ3) is 5.50. The molecule has 1 saturated carbocycles. The fourth-order valence-electron chi connectivity index (χ4n) is 3.14. The molecule has 116 valence electrons. The number of benzene rings is 1. The van der Waals surface area contributed by atoms with E-state index in [1.807, 2.05) is 13.8 Å². The summed E-state index contributed by atoms with van der Waals surface area (Å²) in [6, 6.07) is 11.7. The van der Waals surface area contributed by atoms with Crippen molar-refractivity contribution in [3.8, 4) is 0 Å². The van der Waals surface area contributed by atoms with Gasteiger partial charge in [-0.1, -0.05) is 30.3 Å². The highest BCUT2D eigenvalue weighted by molar-refractivity contribution is 5.76. The average molecular weight is 288 g/mol. The molecular weight excluding hydrogens is 260 g/mol. The third-order valence-corrected chi connectivity index (χ3v) is 4.23. The summed E-state index contributed by atoms with van der Waals surface area (Å²) in [4.78, 5) is 11.6. The van der Waals surface area contributed by atoms with Gasteiger partial charge in [-0.25, -0.2) is 0 Å². The lowest BCUT2D eigenvalue weighted by atomic mass is 9.82. The van der Waals surface area contributed by atoms with E-state index in [4.69, 9.17) is 0 Å². The van der Waals surface area contributed by atoms with E-state index in [0.717, 1.165) is 6.54 Å². The minimum atomic E-state index is 0.149. The Balaban J connectivity index is 1.64. The molecule has 3 heteroatoms. The fourth-order valence-corrected chi connectivity index (χ4v) is 3.14. The lowest BCUT2D eigenvalue weighted by Crippen LogP contribution is -2.37. The first-order chi connectivity index (χ1) is 10.1. The molecule has 2 rings (SSSR count). The highest BCUT2D eigenvalue weighted by atomic mass is 16.1. The standard InChI is InChI=1S/C18H28N2O/c1-14(2)20-18(21)12-13-19-17-10-8-16(9-11-17)15-6-4-3-5-7-15/h3-7,14,16-17,19H,8-13H2,1-2H3,(H,20,21). The molecule has 0 unspecified atom stereocenters. The zero-order chi connectivity index (χ0) is 15.1. The molecule has 0 aliphatic heterocycles. The van der Waals surface area contributed by atoms with E-state index in [1.54, 1.807) is 0 Å². The van der Waals surface area contributed by atoms with Crippen LogP contribution in [0.4, 0.5) is 0 Å². The molecule has 2 N–H and O–H groups in total. The quantitative estimate of drug-likeness (QED) is 0.844. The second kappa shape index (κ2) is 8.18. The van der Waals surface area contributed by atoms with Crippen LogP contribution in [-0.4, -0.2) is 24.5 Å². The molecule has 1 aromatic carbocycles. The first kappa shape index (κ1) is 16.0. The number of carbonyl (C=O) groups is 1. The molecule has 1 fully saturated rings. The molecule has 0 aromatic heterocycles. The highest BCUT2D eigenvalue weighted by Gasteiger charge is 2.21. The Kier molecular flexibility index (Phi) is 6.24. The molecule has 0 atom stereocenters. The molecule has 1 aliphatic carbocycles. The van der Waals surface area contributed by atoms with Crippen LogP contribution in [0.25, 0.3) is 0 Å². The van der Waals surface area contributed by atoms with E-state index in [1.165, 1.54) is 31.2 Å². The Bertz CT molecular complexity index is 422. The van der Waals surface area contributed by atoms with Crippen LogP contribution in [0.3, 0.4) is 0 Å². The van der Waals surface area contributed by atoms with Crippen molar-refractivity contribution in [3.63, 3.8) is 0 Å². The van der Waals surface area contributed by atoms with Crippen molar-refractivity contribution in [3.05, 3.63) is 35.9 Å². The summed E-state index contributed by atoms with van der Waals surface area (Å²) in [5.41, 5.74) is 1.48. The Morgan fingerprint density at radius 2 is 1.81 bits per heavy atom. The number of hydrogen-bond donors (Lipinski definition) is 2. The number of hydrogen-bond acceptors (Lipinski definition) is 2. The summed E-state index contributed by atoms with van der Waals surface area (Å²) >= 11 is 0. The average Bonchev–Trinajstić information content (AvgIpc) is 2.48. The first-order valence-electron chi connectivity index (χ1n) is 8.23. The summed E-state index contributed by atoms with van der Waals surface area (Å²) in [6.45, 7) is 4.78. The smallest absolute Gasteiger partial charge is 0.221 e. The van der Waals surface area contributed by atoms with Crippen LogP contribution in [0.5, 0.6) is 0 Å². The van der Waals surface area contributed by atoms with Crippen LogP contribution in [0.2, 0.25) is 0 Å². The monoisotopic (exact) mass is 288 g/mol. The van der Waals surface area contributed by atoms with Crippen molar-refractivity contribution in [2.75, 3.05) is 6.54 Å². The van der Waals surface area contributed by atoms with Crippen molar-refractivity contribution in [2.24, 2.45) is 0 Å². The van der Waals surface area contributed by atoms with Gasteiger partial charge in [0.15, 0.2) is 0 Å². The molecule has 1 aliphatic rings. The van der Waals surface area contributed by atoms with Crippen molar-refractivity contribution in [1.82, 2.24) is 10.6 Å². The predicted octanol–water partition coefficient (Wildman–Crippen LogP) is 3.22. The third-order valence-electron chi connectivity index (χ3n) is 4.23. The number of nitrogens with one attached hydrogen (secondary N) is 2.